The predicted molar refractivity (Wildman–Crippen MR) is 129 cm³/mol. The minimum Gasteiger partial charge on any atom is -0.481 e. The number of rotatable bonds is 17. The molecule has 0 bridgehead atoms. The van der Waals surface area contributed by atoms with Crippen LogP contribution >= 0.6 is 11.8 Å². The molecule has 32 heavy (non-hydrogen) atoms. The molecule has 1 aliphatic carbocycles. The summed E-state index contributed by atoms with van der Waals surface area (Å²) >= 11 is 1.56. The van der Waals surface area contributed by atoms with Crippen LogP contribution in [0.25, 0.3) is 0 Å². The van der Waals surface area contributed by atoms with Crippen molar-refractivity contribution < 1.29 is 29.6 Å². The maximum Gasteiger partial charge on any atom is 0.310 e. The van der Waals surface area contributed by atoms with Gasteiger partial charge in [-0.15, -0.1) is 11.8 Å². The molecule has 0 spiro atoms. The highest BCUT2D eigenvalue weighted by Gasteiger charge is 2.34. The first-order valence-corrected chi connectivity index (χ1v) is 13.1. The van der Waals surface area contributed by atoms with Gasteiger partial charge in [0.25, 0.3) is 0 Å². The summed E-state index contributed by atoms with van der Waals surface area (Å²) in [5.74, 6) is 0.359. The van der Waals surface area contributed by atoms with Gasteiger partial charge >= 0.3 is 11.9 Å². The number of esters is 1. The molecule has 7 heteroatoms. The second-order valence-corrected chi connectivity index (χ2v) is 9.93. The number of thioether (sulfide) groups is 1. The number of unbranched alkanes of at least 4 members (excludes halogenated alkanes) is 3. The number of hydrogen-bond donors (Lipinski definition) is 3. The first kappa shape index (κ1) is 28.7. The number of hydrogen-bond acceptors (Lipinski definition) is 6. The molecule has 0 aliphatic heterocycles. The molecule has 0 saturated heterocycles. The zero-order chi connectivity index (χ0) is 23.9. The Balaban J connectivity index is 2.77. The van der Waals surface area contributed by atoms with Gasteiger partial charge in [0.1, 0.15) is 5.76 Å². The number of aliphatic carboxylic acids is 1. The van der Waals surface area contributed by atoms with Crippen LogP contribution in [0.5, 0.6) is 0 Å². The molecule has 1 aliphatic rings. The topological polar surface area (TPSA) is 104 Å². The lowest BCUT2D eigenvalue weighted by Gasteiger charge is -2.17. The van der Waals surface area contributed by atoms with Gasteiger partial charge in [-0.2, -0.15) is 0 Å². The highest BCUT2D eigenvalue weighted by molar-refractivity contribution is 8.03. The van der Waals surface area contributed by atoms with Crippen LogP contribution < -0.4 is 0 Å². The summed E-state index contributed by atoms with van der Waals surface area (Å²) in [5, 5.41) is 29.8. The molecule has 6 nitrogen and oxygen atoms in total. The summed E-state index contributed by atoms with van der Waals surface area (Å²) in [6, 6.07) is 0. The fraction of sp³-hybridized carbons (Fsp3) is 0.760. The van der Waals surface area contributed by atoms with E-state index in [1.54, 1.807) is 17.8 Å². The van der Waals surface area contributed by atoms with E-state index in [0.29, 0.717) is 37.4 Å². The maximum atomic E-state index is 12.0. The van der Waals surface area contributed by atoms with Gasteiger partial charge in [-0.1, -0.05) is 58.6 Å². The largest absolute Gasteiger partial charge is 0.481 e. The minimum atomic E-state index is -0.780. The van der Waals surface area contributed by atoms with Crippen molar-refractivity contribution in [1.29, 1.82) is 0 Å². The van der Waals surface area contributed by atoms with Crippen LogP contribution in [0.4, 0.5) is 0 Å². The van der Waals surface area contributed by atoms with Gasteiger partial charge in [-0.25, -0.2) is 0 Å². The predicted octanol–water partition coefficient (Wildman–Crippen LogP) is 5.43. The first-order valence-electron chi connectivity index (χ1n) is 12.1. The quantitative estimate of drug-likeness (QED) is 0.148. The number of carboxylic acids is 1. The zero-order valence-electron chi connectivity index (χ0n) is 19.9. The molecule has 0 radical (unpaired) electrons. The lowest BCUT2D eigenvalue weighted by Crippen LogP contribution is -2.15. The molecule has 0 saturated carbocycles. The molecule has 0 aromatic heterocycles. The van der Waals surface area contributed by atoms with Crippen molar-refractivity contribution in [3.05, 3.63) is 22.8 Å². The second kappa shape index (κ2) is 16.3. The second-order valence-electron chi connectivity index (χ2n) is 8.80. The standard InChI is InChI=1S/C25H42O6S/c1-4-6-11-18(3)16-19(26)13-14-20-21(27)17-22(31-24(30)10-5-2)25(20)32-15-9-7-8-12-23(28)29/h13-14,18-21,26-27H,4-12,15-17H2,1-3H3,(H,28,29)/b14-13+/t18?,19?,20-,21?/m0/s1. The van der Waals surface area contributed by atoms with Gasteiger partial charge < -0.3 is 20.1 Å². The summed E-state index contributed by atoms with van der Waals surface area (Å²) in [6.45, 7) is 6.22. The molecule has 3 unspecified atom stereocenters. The van der Waals surface area contributed by atoms with Gasteiger partial charge in [0.15, 0.2) is 0 Å². The Hall–Kier alpha value is -1.31. The van der Waals surface area contributed by atoms with Crippen molar-refractivity contribution in [2.75, 3.05) is 5.75 Å². The van der Waals surface area contributed by atoms with E-state index < -0.39 is 18.2 Å². The highest BCUT2D eigenvalue weighted by Crippen LogP contribution is 2.41. The molecular weight excluding hydrogens is 428 g/mol. The van der Waals surface area contributed by atoms with Gasteiger partial charge in [-0.3, -0.25) is 9.59 Å². The Morgan fingerprint density at radius 1 is 1.16 bits per heavy atom. The number of aliphatic hydroxyl groups is 2. The summed E-state index contributed by atoms with van der Waals surface area (Å²) < 4.78 is 5.58. The normalized spacial score (nSPS) is 20.7. The van der Waals surface area contributed by atoms with E-state index in [1.807, 2.05) is 13.0 Å². The average Bonchev–Trinajstić information content (AvgIpc) is 3.01. The number of carbonyl (C=O) groups excluding carboxylic acids is 1. The van der Waals surface area contributed by atoms with Gasteiger partial charge in [0.05, 0.1) is 12.2 Å². The van der Waals surface area contributed by atoms with E-state index >= 15 is 0 Å². The average molecular weight is 471 g/mol. The van der Waals surface area contributed by atoms with Crippen molar-refractivity contribution in [3.8, 4) is 0 Å². The molecule has 4 atom stereocenters. The third kappa shape index (κ3) is 11.5. The van der Waals surface area contributed by atoms with Crippen molar-refractivity contribution in [2.24, 2.45) is 11.8 Å². The zero-order valence-corrected chi connectivity index (χ0v) is 20.7. The van der Waals surface area contributed by atoms with Gasteiger partial charge in [-0.05, 0) is 37.4 Å². The lowest BCUT2D eigenvalue weighted by molar-refractivity contribution is -0.140. The summed E-state index contributed by atoms with van der Waals surface area (Å²) in [6.07, 6.45) is 10.2. The van der Waals surface area contributed by atoms with Gasteiger partial charge in [0, 0.05) is 30.1 Å². The van der Waals surface area contributed by atoms with E-state index in [0.717, 1.165) is 42.8 Å². The number of carbonyl (C=O) groups is 2. The van der Waals surface area contributed by atoms with Crippen LogP contribution in [0.1, 0.15) is 91.4 Å². The van der Waals surface area contributed by atoms with Crippen LogP contribution in [-0.4, -0.2) is 45.2 Å². The third-order valence-electron chi connectivity index (χ3n) is 5.61. The van der Waals surface area contributed by atoms with Crippen molar-refractivity contribution >= 4 is 23.7 Å². The Bertz CT molecular complexity index is 630. The van der Waals surface area contributed by atoms with Crippen LogP contribution in [0.2, 0.25) is 0 Å². The van der Waals surface area contributed by atoms with Gasteiger partial charge in [0.2, 0.25) is 0 Å². The Labute approximate surface area is 197 Å². The van der Waals surface area contributed by atoms with Crippen molar-refractivity contribution in [1.82, 2.24) is 0 Å². The van der Waals surface area contributed by atoms with Crippen molar-refractivity contribution in [3.63, 3.8) is 0 Å². The van der Waals surface area contributed by atoms with Crippen LogP contribution in [0, 0.1) is 11.8 Å². The molecule has 0 aromatic carbocycles. The van der Waals surface area contributed by atoms with E-state index in [-0.39, 0.29) is 24.7 Å². The number of ether oxygens (including phenoxy) is 1. The number of carboxylic acid groups (broad SMARTS) is 1. The first-order chi connectivity index (χ1) is 15.3. The van der Waals surface area contributed by atoms with Crippen LogP contribution in [0.15, 0.2) is 22.8 Å². The molecule has 1 rings (SSSR count). The molecular formula is C25H42O6S. The monoisotopic (exact) mass is 470 g/mol. The fourth-order valence-electron chi connectivity index (χ4n) is 3.80. The van der Waals surface area contributed by atoms with E-state index in [1.165, 1.54) is 0 Å². The summed E-state index contributed by atoms with van der Waals surface area (Å²) in [5.41, 5.74) is 0. The molecule has 3 N–H and O–H groups in total. The van der Waals surface area contributed by atoms with E-state index in [4.69, 9.17) is 9.84 Å². The lowest BCUT2D eigenvalue weighted by atomic mass is 9.96. The molecule has 0 fully saturated rings. The summed E-state index contributed by atoms with van der Waals surface area (Å²) in [4.78, 5) is 23.5. The Kier molecular flexibility index (Phi) is 14.7. The van der Waals surface area contributed by atoms with E-state index in [9.17, 15) is 19.8 Å². The van der Waals surface area contributed by atoms with Crippen LogP contribution in [-0.2, 0) is 14.3 Å². The molecule has 0 heterocycles. The summed E-state index contributed by atoms with van der Waals surface area (Å²) in [7, 11) is 0. The molecule has 0 amide bonds. The van der Waals surface area contributed by atoms with Crippen molar-refractivity contribution in [2.45, 2.75) is 104 Å². The van der Waals surface area contributed by atoms with Crippen LogP contribution in [0.3, 0.4) is 0 Å². The maximum absolute atomic E-state index is 12.0. The highest BCUT2D eigenvalue weighted by atomic mass is 32.2. The minimum absolute atomic E-state index is 0.173. The molecule has 0 aromatic rings. The third-order valence-corrected chi connectivity index (χ3v) is 6.91. The smallest absolute Gasteiger partial charge is 0.310 e. The number of aliphatic hydroxyl groups excluding tert-OH is 2. The molecule has 184 valence electrons. The Morgan fingerprint density at radius 3 is 2.56 bits per heavy atom. The van der Waals surface area contributed by atoms with E-state index in [2.05, 4.69) is 13.8 Å². The SMILES string of the molecule is CCCCC(C)CC(O)/C=C/[C@@H]1C(SCCCCCC(=O)O)=C(OC(=O)CCC)CC1O. The fourth-order valence-corrected chi connectivity index (χ4v) is 5.08. The Morgan fingerprint density at radius 2 is 1.91 bits per heavy atom.